The van der Waals surface area contributed by atoms with E-state index < -0.39 is 0 Å². The number of hydrogen-bond acceptors (Lipinski definition) is 2. The van der Waals surface area contributed by atoms with Gasteiger partial charge in [-0.15, -0.1) is 11.3 Å². The Morgan fingerprint density at radius 1 is 1.30 bits per heavy atom. The molecule has 2 rings (SSSR count). The van der Waals surface area contributed by atoms with Gasteiger partial charge in [-0.05, 0) is 76.9 Å². The number of hydrogen-bond donors (Lipinski definition) is 1. The van der Waals surface area contributed by atoms with E-state index in [9.17, 15) is 4.39 Å². The minimum atomic E-state index is -0.126. The smallest absolute Gasteiger partial charge is 0.128 e. The Morgan fingerprint density at radius 2 is 2.05 bits per heavy atom. The molecule has 1 aromatic heterocycles. The molecule has 0 aliphatic heterocycles. The first-order valence-electron chi connectivity index (χ1n) is 6.77. The largest absolute Gasteiger partial charge is 0.306 e. The lowest BCUT2D eigenvalue weighted by Gasteiger charge is -2.21. The second-order valence-electron chi connectivity index (χ2n) is 5.05. The molecule has 0 aliphatic carbocycles. The number of thiophene rings is 1. The average molecular weight is 356 g/mol. The first-order valence-corrected chi connectivity index (χ1v) is 8.44. The molecule has 4 heteroatoms. The zero-order chi connectivity index (χ0) is 14.7. The predicted octanol–water partition coefficient (Wildman–Crippen LogP) is 5.36. The fraction of sp³-hybridized carbons (Fsp3) is 0.375. The van der Waals surface area contributed by atoms with Gasteiger partial charge in [0.1, 0.15) is 5.82 Å². The second-order valence-corrected chi connectivity index (χ2v) is 7.34. The van der Waals surface area contributed by atoms with Gasteiger partial charge in [0.2, 0.25) is 0 Å². The standard InChI is InChI=1S/C16H19BrFNS/c1-4-5-19-16(12-8-14(17)20-9-12)15-11(3)6-10(2)7-13(15)18/h6-9,16,19H,4-5H2,1-3H3. The number of aryl methyl sites for hydroxylation is 2. The molecule has 20 heavy (non-hydrogen) atoms. The third kappa shape index (κ3) is 3.48. The Hall–Kier alpha value is -0.710. The van der Waals surface area contributed by atoms with E-state index in [2.05, 4.69) is 39.6 Å². The highest BCUT2D eigenvalue weighted by molar-refractivity contribution is 9.11. The van der Waals surface area contributed by atoms with Crippen LogP contribution in [0.3, 0.4) is 0 Å². The highest BCUT2D eigenvalue weighted by Gasteiger charge is 2.21. The van der Waals surface area contributed by atoms with Crippen LogP contribution in [0.1, 0.15) is 41.6 Å². The Balaban J connectivity index is 2.46. The lowest BCUT2D eigenvalue weighted by Crippen LogP contribution is -2.24. The molecule has 1 nitrogen and oxygen atoms in total. The van der Waals surface area contributed by atoms with E-state index in [0.29, 0.717) is 0 Å². The van der Waals surface area contributed by atoms with Crippen molar-refractivity contribution in [2.45, 2.75) is 33.2 Å². The van der Waals surface area contributed by atoms with Gasteiger partial charge in [-0.2, -0.15) is 0 Å². The minimum Gasteiger partial charge on any atom is -0.306 e. The van der Waals surface area contributed by atoms with E-state index in [4.69, 9.17) is 0 Å². The molecule has 0 aliphatic rings. The van der Waals surface area contributed by atoms with Gasteiger partial charge >= 0.3 is 0 Å². The van der Waals surface area contributed by atoms with Crippen LogP contribution in [0.5, 0.6) is 0 Å². The van der Waals surface area contributed by atoms with E-state index >= 15 is 0 Å². The summed E-state index contributed by atoms with van der Waals surface area (Å²) in [6.45, 7) is 6.89. The molecule has 0 radical (unpaired) electrons. The maximum Gasteiger partial charge on any atom is 0.128 e. The van der Waals surface area contributed by atoms with Gasteiger partial charge in [-0.1, -0.05) is 13.0 Å². The normalized spacial score (nSPS) is 12.7. The molecule has 1 unspecified atom stereocenters. The van der Waals surface area contributed by atoms with E-state index in [-0.39, 0.29) is 11.9 Å². The van der Waals surface area contributed by atoms with Crippen LogP contribution < -0.4 is 5.32 Å². The molecule has 0 bridgehead atoms. The van der Waals surface area contributed by atoms with Gasteiger partial charge in [0, 0.05) is 5.56 Å². The number of halogens is 2. The van der Waals surface area contributed by atoms with Crippen molar-refractivity contribution in [3.63, 3.8) is 0 Å². The molecule has 0 spiro atoms. The summed E-state index contributed by atoms with van der Waals surface area (Å²) in [5, 5.41) is 5.54. The first-order chi connectivity index (χ1) is 9.52. The topological polar surface area (TPSA) is 12.0 Å². The second kappa shape index (κ2) is 6.83. The maximum atomic E-state index is 14.4. The van der Waals surface area contributed by atoms with Crippen LogP contribution in [-0.2, 0) is 0 Å². The van der Waals surface area contributed by atoms with Gasteiger partial charge in [-0.3, -0.25) is 0 Å². The molecule has 0 saturated carbocycles. The van der Waals surface area contributed by atoms with Gasteiger partial charge in [0.05, 0.1) is 9.83 Å². The van der Waals surface area contributed by atoms with Crippen LogP contribution in [-0.4, -0.2) is 6.54 Å². The molecule has 2 aromatic rings. The molecular formula is C16H19BrFNS. The van der Waals surface area contributed by atoms with Gasteiger partial charge < -0.3 is 5.32 Å². The van der Waals surface area contributed by atoms with Crippen molar-refractivity contribution in [3.05, 3.63) is 55.4 Å². The quantitative estimate of drug-likeness (QED) is 0.761. The summed E-state index contributed by atoms with van der Waals surface area (Å²) in [5.74, 6) is -0.126. The van der Waals surface area contributed by atoms with E-state index in [1.54, 1.807) is 17.4 Å². The minimum absolute atomic E-state index is 0.0851. The summed E-state index contributed by atoms with van der Waals surface area (Å²) in [5.41, 5.74) is 3.83. The van der Waals surface area contributed by atoms with Crippen molar-refractivity contribution in [1.82, 2.24) is 5.32 Å². The zero-order valence-electron chi connectivity index (χ0n) is 12.0. The summed E-state index contributed by atoms with van der Waals surface area (Å²) < 4.78 is 15.5. The van der Waals surface area contributed by atoms with E-state index in [0.717, 1.165) is 39.0 Å². The van der Waals surface area contributed by atoms with Crippen LogP contribution in [0.15, 0.2) is 27.4 Å². The number of rotatable bonds is 5. The van der Waals surface area contributed by atoms with Crippen molar-refractivity contribution in [2.24, 2.45) is 0 Å². The summed E-state index contributed by atoms with van der Waals surface area (Å²) >= 11 is 5.12. The highest BCUT2D eigenvalue weighted by Crippen LogP contribution is 2.32. The molecule has 0 amide bonds. The van der Waals surface area contributed by atoms with Gasteiger partial charge in [-0.25, -0.2) is 4.39 Å². The Morgan fingerprint density at radius 3 is 2.60 bits per heavy atom. The monoisotopic (exact) mass is 355 g/mol. The summed E-state index contributed by atoms with van der Waals surface area (Å²) in [6.07, 6.45) is 1.02. The number of nitrogens with one attached hydrogen (secondary N) is 1. The van der Waals surface area contributed by atoms with Crippen molar-refractivity contribution < 1.29 is 4.39 Å². The first kappa shape index (κ1) is 15.7. The summed E-state index contributed by atoms with van der Waals surface area (Å²) in [6, 6.07) is 5.64. The van der Waals surface area contributed by atoms with E-state index in [1.807, 2.05) is 19.9 Å². The molecule has 1 N–H and O–H groups in total. The van der Waals surface area contributed by atoms with Crippen LogP contribution in [0.25, 0.3) is 0 Å². The van der Waals surface area contributed by atoms with Gasteiger partial charge in [0.15, 0.2) is 0 Å². The molecule has 0 fully saturated rings. The third-order valence-corrected chi connectivity index (χ3v) is 4.81. The van der Waals surface area contributed by atoms with Crippen molar-refractivity contribution >= 4 is 27.3 Å². The fourth-order valence-corrected chi connectivity index (χ4v) is 3.64. The summed E-state index contributed by atoms with van der Waals surface area (Å²) in [4.78, 5) is 0. The van der Waals surface area contributed by atoms with Crippen LogP contribution in [0.2, 0.25) is 0 Å². The molecular weight excluding hydrogens is 337 g/mol. The Kier molecular flexibility index (Phi) is 5.35. The predicted molar refractivity (Wildman–Crippen MR) is 88.0 cm³/mol. The van der Waals surface area contributed by atoms with Crippen LogP contribution >= 0.6 is 27.3 Å². The average Bonchev–Trinajstić information content (AvgIpc) is 2.78. The lowest BCUT2D eigenvalue weighted by atomic mass is 9.94. The number of benzene rings is 1. The molecule has 1 aromatic carbocycles. The van der Waals surface area contributed by atoms with Crippen molar-refractivity contribution in [3.8, 4) is 0 Å². The molecule has 1 heterocycles. The molecule has 108 valence electrons. The Bertz CT molecular complexity index is 571. The molecule has 1 atom stereocenters. The summed E-state index contributed by atoms with van der Waals surface area (Å²) in [7, 11) is 0. The van der Waals surface area contributed by atoms with Crippen LogP contribution in [0, 0.1) is 19.7 Å². The van der Waals surface area contributed by atoms with E-state index in [1.165, 1.54) is 0 Å². The SMILES string of the molecule is CCCNC(c1csc(Br)c1)c1c(C)cc(C)cc1F. The highest BCUT2D eigenvalue weighted by atomic mass is 79.9. The third-order valence-electron chi connectivity index (χ3n) is 3.29. The molecule has 0 saturated heterocycles. The lowest BCUT2D eigenvalue weighted by molar-refractivity contribution is 0.544. The fourth-order valence-electron chi connectivity index (χ4n) is 2.44. The van der Waals surface area contributed by atoms with Crippen LogP contribution in [0.4, 0.5) is 4.39 Å². The van der Waals surface area contributed by atoms with Gasteiger partial charge in [0.25, 0.3) is 0 Å². The van der Waals surface area contributed by atoms with Crippen molar-refractivity contribution in [1.29, 1.82) is 0 Å². The van der Waals surface area contributed by atoms with Crippen molar-refractivity contribution in [2.75, 3.05) is 6.54 Å². The maximum absolute atomic E-state index is 14.4. The zero-order valence-corrected chi connectivity index (χ0v) is 14.4. The Labute approximate surface area is 132 Å².